The fourth-order valence-electron chi connectivity index (χ4n) is 0.0634. The van der Waals surface area contributed by atoms with Gasteiger partial charge in [-0.2, -0.15) is 4.39 Å². The number of rotatable bonds is 1. The average molecular weight is 403 g/mol. The van der Waals surface area contributed by atoms with Crippen molar-refractivity contribution in [1.82, 2.24) is 0 Å². The van der Waals surface area contributed by atoms with Gasteiger partial charge in [-0.25, -0.2) is 6.57 Å². The minimum absolute atomic E-state index is 0. The molecule has 0 unspecified atom stereocenters. The van der Waals surface area contributed by atoms with E-state index < -0.39 is 9.04 Å². The van der Waals surface area contributed by atoms with Gasteiger partial charge in [0.15, 0.2) is 0 Å². The summed E-state index contributed by atoms with van der Waals surface area (Å²) in [5.74, 6) is 0. The van der Waals surface area contributed by atoms with Crippen LogP contribution in [0.1, 0.15) is 0 Å². The molecule has 20 heavy (non-hydrogen) atoms. The average Bonchev–Trinajstić information content (AvgIpc) is 2.48. The third kappa shape index (κ3) is 36.1. The van der Waals surface area contributed by atoms with Crippen LogP contribution in [-0.4, -0.2) is 9.04 Å². The van der Waals surface area contributed by atoms with Gasteiger partial charge in [0.25, 0.3) is 0 Å². The summed E-state index contributed by atoms with van der Waals surface area (Å²) >= 11 is 19.4. The molecule has 0 aromatic rings. The summed E-state index contributed by atoms with van der Waals surface area (Å²) in [5, 5.41) is 0. The molecule has 0 atom stereocenters. The monoisotopic (exact) mass is 401 g/mol. The van der Waals surface area contributed by atoms with Crippen molar-refractivity contribution < 1.29 is 45.0 Å². The van der Waals surface area contributed by atoms with E-state index in [9.17, 15) is 4.39 Å². The van der Waals surface area contributed by atoms with Crippen LogP contribution in [0, 0.1) is 39.8 Å². The summed E-state index contributed by atoms with van der Waals surface area (Å²) in [6, 6.07) is 0. The first-order chi connectivity index (χ1) is 8.81. The first kappa shape index (κ1) is 42.7. The molecular formula is C8Cl4CrFNO5. The van der Waals surface area contributed by atoms with Gasteiger partial charge in [-0.3, -0.25) is 4.85 Å². The maximum atomic E-state index is 12.2. The third-order valence-corrected chi connectivity index (χ3v) is 2.11. The zero-order chi connectivity index (χ0) is 17.7. The predicted octanol–water partition coefficient (Wildman–Crippen LogP) is 2.95. The summed E-state index contributed by atoms with van der Waals surface area (Å²) in [5.41, 5.74) is 0. The molecular weight excluding hydrogens is 403 g/mol. The van der Waals surface area contributed by atoms with E-state index in [0.717, 1.165) is 0 Å². The van der Waals surface area contributed by atoms with Crippen molar-refractivity contribution in [2.75, 3.05) is 0 Å². The SMILES string of the molecule is [C-]#[N+]C(Cl)(Cl)C(F)(Cl)Cl.[C-]#[O+].[C-]#[O+].[C-]#[O+].[C-]#[O+].[C-]#[O+].[Cr]. The molecule has 0 amide bonds. The van der Waals surface area contributed by atoms with Gasteiger partial charge in [0.05, 0.1) is 0 Å². The van der Waals surface area contributed by atoms with E-state index >= 15 is 0 Å². The minimum atomic E-state index is -2.93. The topological polar surface area (TPSA) is 104 Å². The molecule has 0 rings (SSSR count). The standard InChI is InChI=1S/C3Cl4FN.5CO.Cr/c1-9-3(6,7)2(4,5)8;5*1-2;. The van der Waals surface area contributed by atoms with Crippen molar-refractivity contribution in [3.05, 3.63) is 44.7 Å². The van der Waals surface area contributed by atoms with Gasteiger partial charge in [-0.05, 0) is 23.2 Å². The van der Waals surface area contributed by atoms with E-state index in [4.69, 9.17) is 76.2 Å². The van der Waals surface area contributed by atoms with Crippen LogP contribution in [-0.2, 0) is 40.6 Å². The molecule has 0 aromatic carbocycles. The van der Waals surface area contributed by atoms with E-state index in [0.29, 0.717) is 0 Å². The van der Waals surface area contributed by atoms with Gasteiger partial charge in [-0.15, -0.1) is 0 Å². The molecule has 0 aromatic heterocycles. The van der Waals surface area contributed by atoms with Crippen LogP contribution in [0.3, 0.4) is 0 Å². The van der Waals surface area contributed by atoms with Crippen LogP contribution in [0.5, 0.6) is 0 Å². The molecule has 0 spiro atoms. The minimum Gasteiger partial charge on any atom is 0 e. The Morgan fingerprint density at radius 2 is 0.850 bits per heavy atom. The van der Waals surface area contributed by atoms with Crippen LogP contribution < -0.4 is 0 Å². The Balaban J connectivity index is -0.0000000261. The molecule has 0 heterocycles. The van der Waals surface area contributed by atoms with Gasteiger partial charge in [0.1, 0.15) is 0 Å². The van der Waals surface area contributed by atoms with Crippen molar-refractivity contribution in [2.24, 2.45) is 0 Å². The van der Waals surface area contributed by atoms with Crippen LogP contribution in [0.2, 0.25) is 0 Å². The Hall–Kier alpha value is -0.188. The number of hydrogen-bond donors (Lipinski definition) is 0. The molecule has 0 saturated heterocycles. The maximum absolute atomic E-state index is 12.2. The molecule has 0 bridgehead atoms. The van der Waals surface area contributed by atoms with Crippen LogP contribution in [0.15, 0.2) is 0 Å². The van der Waals surface area contributed by atoms with Gasteiger partial charge in [-0.1, -0.05) is 23.2 Å². The van der Waals surface area contributed by atoms with Crippen LogP contribution in [0.4, 0.5) is 4.39 Å². The molecule has 12 heteroatoms. The Morgan fingerprint density at radius 1 is 0.700 bits per heavy atom. The zero-order valence-corrected chi connectivity index (χ0v) is 13.1. The molecule has 0 aliphatic rings. The number of halogens is 5. The van der Waals surface area contributed by atoms with Crippen LogP contribution in [0.25, 0.3) is 4.85 Å². The fourth-order valence-corrected chi connectivity index (χ4v) is 0.148. The summed E-state index contributed by atoms with van der Waals surface area (Å²) in [7, 11) is 0. The Kier molecular flexibility index (Phi) is 77.7. The summed E-state index contributed by atoms with van der Waals surface area (Å²) in [4.78, 5) is 2.43. The predicted molar refractivity (Wildman–Crippen MR) is 56.2 cm³/mol. The summed E-state index contributed by atoms with van der Waals surface area (Å²) in [6.45, 7) is 28.7. The molecule has 0 aliphatic carbocycles. The van der Waals surface area contributed by atoms with Crippen molar-refractivity contribution in [3.63, 3.8) is 0 Å². The summed E-state index contributed by atoms with van der Waals surface area (Å²) in [6.07, 6.45) is 0. The molecule has 0 radical (unpaired) electrons. The van der Waals surface area contributed by atoms with E-state index in [1.165, 1.54) is 0 Å². The van der Waals surface area contributed by atoms with Crippen molar-refractivity contribution in [3.8, 4) is 0 Å². The molecule has 0 saturated carbocycles. The van der Waals surface area contributed by atoms with Crippen molar-refractivity contribution in [2.45, 2.75) is 9.04 Å². The second-order valence-corrected chi connectivity index (χ2v) is 3.67. The van der Waals surface area contributed by atoms with E-state index in [2.05, 4.69) is 38.1 Å². The Bertz CT molecular complexity index is 294. The number of nitrogens with zero attached hydrogens (tertiary/aromatic N) is 1. The zero-order valence-electron chi connectivity index (χ0n) is 8.79. The van der Waals surface area contributed by atoms with Gasteiger partial charge in [0, 0.05) is 17.4 Å². The Morgan fingerprint density at radius 3 is 0.850 bits per heavy atom. The third-order valence-electron chi connectivity index (χ3n) is 0.481. The first-order valence-electron chi connectivity index (χ1n) is 2.66. The number of alkyl halides is 5. The van der Waals surface area contributed by atoms with E-state index in [1.807, 2.05) is 0 Å². The van der Waals surface area contributed by atoms with Gasteiger partial charge >= 0.3 is 65.6 Å². The quantitative estimate of drug-likeness (QED) is 0.278. The van der Waals surface area contributed by atoms with Crippen molar-refractivity contribution >= 4 is 46.4 Å². The maximum Gasteiger partial charge on any atom is 0 e. The molecule has 0 fully saturated rings. The second-order valence-electron chi connectivity index (χ2n) is 1.15. The van der Waals surface area contributed by atoms with E-state index in [1.54, 1.807) is 0 Å². The molecule has 0 N–H and O–H groups in total. The number of hydrogen-bond acceptors (Lipinski definition) is 0. The largest absolute Gasteiger partial charge is 0 e. The Labute approximate surface area is 145 Å². The summed E-state index contributed by atoms with van der Waals surface area (Å²) < 4.78 is 44.4. The van der Waals surface area contributed by atoms with Crippen LogP contribution >= 0.6 is 46.4 Å². The smallest absolute Gasteiger partial charge is 0 e. The van der Waals surface area contributed by atoms with Gasteiger partial charge < -0.3 is 0 Å². The fraction of sp³-hybridized carbons (Fsp3) is 0.250. The normalized spacial score (nSPS) is 6.30. The molecule has 108 valence electrons. The van der Waals surface area contributed by atoms with E-state index in [-0.39, 0.29) is 17.4 Å². The van der Waals surface area contributed by atoms with Gasteiger partial charge in [0.2, 0.25) is 0 Å². The first-order valence-corrected chi connectivity index (χ1v) is 4.17. The molecule has 6 nitrogen and oxygen atoms in total. The molecule has 0 aliphatic heterocycles. The van der Waals surface area contributed by atoms with Crippen molar-refractivity contribution in [1.29, 1.82) is 0 Å². The second kappa shape index (κ2) is 36.4.